The van der Waals surface area contributed by atoms with Crippen LogP contribution >= 0.6 is 15.9 Å². The number of carbonyl (C=O) groups excluding carboxylic acids is 2. The Hall–Kier alpha value is -1.47. The van der Waals surface area contributed by atoms with Crippen molar-refractivity contribution in [1.82, 2.24) is 0 Å². The molecule has 1 fully saturated rings. The fourth-order valence-corrected chi connectivity index (χ4v) is 2.44. The van der Waals surface area contributed by atoms with Gasteiger partial charge < -0.3 is 15.4 Å². The summed E-state index contributed by atoms with van der Waals surface area (Å²) < 4.78 is 19.3. The maximum Gasteiger partial charge on any atom is 0.340 e. The predicted molar refractivity (Wildman–Crippen MR) is 70.4 cm³/mol. The van der Waals surface area contributed by atoms with E-state index in [2.05, 4.69) is 20.7 Å². The van der Waals surface area contributed by atoms with E-state index in [1.165, 1.54) is 24.1 Å². The first-order chi connectivity index (χ1) is 8.93. The maximum absolute atomic E-state index is 14.3. The van der Waals surface area contributed by atoms with E-state index in [9.17, 15) is 14.0 Å². The van der Waals surface area contributed by atoms with Gasteiger partial charge in [0.2, 0.25) is 5.91 Å². The first-order valence-electron chi connectivity index (χ1n) is 5.57. The monoisotopic (exact) mass is 330 g/mol. The summed E-state index contributed by atoms with van der Waals surface area (Å²) in [6.45, 7) is 0.229. The third kappa shape index (κ3) is 2.62. The highest BCUT2D eigenvalue weighted by Gasteiger charge is 2.31. The average Bonchev–Trinajstić information content (AvgIpc) is 2.70. The Morgan fingerprint density at radius 3 is 2.79 bits per heavy atom. The summed E-state index contributed by atoms with van der Waals surface area (Å²) in [4.78, 5) is 24.5. The molecule has 0 aromatic heterocycles. The molecule has 0 spiro atoms. The van der Waals surface area contributed by atoms with Crippen LogP contribution in [0.5, 0.6) is 0 Å². The average molecular weight is 331 g/mol. The lowest BCUT2D eigenvalue weighted by atomic mass is 10.1. The minimum atomic E-state index is -0.795. The number of hydrogen-bond acceptors (Lipinski definition) is 4. The van der Waals surface area contributed by atoms with Crippen LogP contribution in [0.15, 0.2) is 16.6 Å². The van der Waals surface area contributed by atoms with Gasteiger partial charge in [0.1, 0.15) is 0 Å². The molecule has 0 saturated carbocycles. The molecule has 2 rings (SSSR count). The molecule has 1 aliphatic rings. The van der Waals surface area contributed by atoms with Crippen LogP contribution in [0, 0.1) is 5.82 Å². The quantitative estimate of drug-likeness (QED) is 0.833. The van der Waals surface area contributed by atoms with Crippen LogP contribution in [-0.4, -0.2) is 31.6 Å². The topological polar surface area (TPSA) is 72.6 Å². The molecule has 0 bridgehead atoms. The van der Waals surface area contributed by atoms with Gasteiger partial charge in [0.05, 0.1) is 18.4 Å². The second-order valence-corrected chi connectivity index (χ2v) is 5.16. The summed E-state index contributed by atoms with van der Waals surface area (Å²) in [5.74, 6) is -1.84. The van der Waals surface area contributed by atoms with Gasteiger partial charge in [-0.2, -0.15) is 0 Å². The first kappa shape index (κ1) is 14.0. The summed E-state index contributed by atoms with van der Waals surface area (Å²) in [6, 6.07) is 2.43. The zero-order valence-electron chi connectivity index (χ0n) is 10.2. The number of rotatable bonds is 2. The third-order valence-electron chi connectivity index (χ3n) is 2.87. The number of halogens is 2. The lowest BCUT2D eigenvalue weighted by molar-refractivity contribution is -0.117. The van der Waals surface area contributed by atoms with Crippen molar-refractivity contribution in [1.29, 1.82) is 0 Å². The summed E-state index contributed by atoms with van der Waals surface area (Å²) in [7, 11) is 1.17. The van der Waals surface area contributed by atoms with Crippen molar-refractivity contribution < 1.29 is 18.7 Å². The van der Waals surface area contributed by atoms with Crippen molar-refractivity contribution in [2.75, 3.05) is 18.6 Å². The highest BCUT2D eigenvalue weighted by Crippen LogP contribution is 2.30. The van der Waals surface area contributed by atoms with E-state index in [0.29, 0.717) is 4.47 Å². The maximum atomic E-state index is 14.3. The first-order valence-corrected chi connectivity index (χ1v) is 6.36. The number of carbonyl (C=O) groups is 2. The molecule has 1 heterocycles. The number of hydrogen-bond donors (Lipinski definition) is 1. The van der Waals surface area contributed by atoms with Gasteiger partial charge in [0, 0.05) is 23.5 Å². The highest BCUT2D eigenvalue weighted by molar-refractivity contribution is 9.10. The minimum absolute atomic E-state index is 0.0349. The molecular weight excluding hydrogens is 319 g/mol. The molecule has 19 heavy (non-hydrogen) atoms. The standard InChI is InChI=1S/C12H12BrFN2O3/c1-19-12(18)8-2-6(13)3-9(11(8)14)16-5-7(15)4-10(16)17/h2-3,7H,4-5,15H2,1H3. The van der Waals surface area contributed by atoms with Crippen LogP contribution in [0.25, 0.3) is 0 Å². The van der Waals surface area contributed by atoms with E-state index in [0.717, 1.165) is 0 Å². The van der Waals surface area contributed by atoms with Crippen LogP contribution < -0.4 is 10.6 Å². The Morgan fingerprint density at radius 2 is 2.26 bits per heavy atom. The molecule has 1 atom stereocenters. The molecule has 1 aliphatic heterocycles. The van der Waals surface area contributed by atoms with E-state index in [1.807, 2.05) is 0 Å². The number of amides is 1. The van der Waals surface area contributed by atoms with Gasteiger partial charge in [-0.25, -0.2) is 9.18 Å². The van der Waals surface area contributed by atoms with Crippen LogP contribution in [0.3, 0.4) is 0 Å². The van der Waals surface area contributed by atoms with Crippen LogP contribution in [0.1, 0.15) is 16.8 Å². The van der Waals surface area contributed by atoms with E-state index < -0.39 is 11.8 Å². The third-order valence-corrected chi connectivity index (χ3v) is 3.33. The van der Waals surface area contributed by atoms with Crippen molar-refractivity contribution in [3.63, 3.8) is 0 Å². The molecule has 0 aliphatic carbocycles. The minimum Gasteiger partial charge on any atom is -0.465 e. The molecule has 0 radical (unpaired) electrons. The number of ether oxygens (including phenoxy) is 1. The Kier molecular flexibility index (Phi) is 3.86. The van der Waals surface area contributed by atoms with E-state index in [1.54, 1.807) is 0 Å². The number of methoxy groups -OCH3 is 1. The Labute approximate surface area is 117 Å². The molecule has 1 amide bonds. The van der Waals surface area contributed by atoms with Crippen LogP contribution in [-0.2, 0) is 9.53 Å². The summed E-state index contributed by atoms with van der Waals surface area (Å²) >= 11 is 3.18. The van der Waals surface area contributed by atoms with Crippen LogP contribution in [0.2, 0.25) is 0 Å². The van der Waals surface area contributed by atoms with Gasteiger partial charge in [-0.1, -0.05) is 15.9 Å². The Bertz CT molecular complexity index is 550. The SMILES string of the molecule is COC(=O)c1cc(Br)cc(N2CC(N)CC2=O)c1F. The van der Waals surface area contributed by atoms with Crippen molar-refractivity contribution >= 4 is 33.5 Å². The molecule has 1 saturated heterocycles. The fourth-order valence-electron chi connectivity index (χ4n) is 2.00. The zero-order chi connectivity index (χ0) is 14.2. The molecule has 1 aromatic rings. The van der Waals surface area contributed by atoms with Gasteiger partial charge in [-0.15, -0.1) is 0 Å². The second-order valence-electron chi connectivity index (χ2n) is 4.25. The number of nitrogens with zero attached hydrogens (tertiary/aromatic N) is 1. The Balaban J connectivity index is 2.49. The molecule has 5 nitrogen and oxygen atoms in total. The lowest BCUT2D eigenvalue weighted by Crippen LogP contribution is -2.29. The second kappa shape index (κ2) is 5.26. The summed E-state index contributed by atoms with van der Waals surface area (Å²) in [6.07, 6.45) is 0.166. The summed E-state index contributed by atoms with van der Waals surface area (Å²) in [5.41, 5.74) is 5.49. The number of benzene rings is 1. The van der Waals surface area contributed by atoms with Gasteiger partial charge in [-0.3, -0.25) is 4.79 Å². The molecule has 1 aromatic carbocycles. The van der Waals surface area contributed by atoms with Crippen LogP contribution in [0.4, 0.5) is 10.1 Å². The smallest absolute Gasteiger partial charge is 0.340 e. The fraction of sp³-hybridized carbons (Fsp3) is 0.333. The Morgan fingerprint density at radius 1 is 1.58 bits per heavy atom. The molecular formula is C12H12BrFN2O3. The molecule has 7 heteroatoms. The van der Waals surface area contributed by atoms with Crippen molar-refractivity contribution in [2.24, 2.45) is 5.73 Å². The normalized spacial score (nSPS) is 18.8. The number of anilines is 1. The van der Waals surface area contributed by atoms with E-state index >= 15 is 0 Å². The van der Waals surface area contributed by atoms with Gasteiger partial charge in [-0.05, 0) is 12.1 Å². The predicted octanol–water partition coefficient (Wildman–Crippen LogP) is 1.44. The van der Waals surface area contributed by atoms with Gasteiger partial charge in [0.25, 0.3) is 0 Å². The van der Waals surface area contributed by atoms with Gasteiger partial charge >= 0.3 is 5.97 Å². The molecule has 102 valence electrons. The largest absolute Gasteiger partial charge is 0.465 e. The zero-order valence-corrected chi connectivity index (χ0v) is 11.7. The number of nitrogens with two attached hydrogens (primary N) is 1. The van der Waals surface area contributed by atoms with Crippen molar-refractivity contribution in [3.8, 4) is 0 Å². The number of esters is 1. The van der Waals surface area contributed by atoms with E-state index in [4.69, 9.17) is 5.73 Å². The van der Waals surface area contributed by atoms with Crippen molar-refractivity contribution in [2.45, 2.75) is 12.5 Å². The molecule has 2 N–H and O–H groups in total. The highest BCUT2D eigenvalue weighted by atomic mass is 79.9. The van der Waals surface area contributed by atoms with E-state index in [-0.39, 0.29) is 36.2 Å². The molecule has 1 unspecified atom stereocenters. The summed E-state index contributed by atoms with van der Waals surface area (Å²) in [5, 5.41) is 0. The lowest BCUT2D eigenvalue weighted by Gasteiger charge is -2.18. The van der Waals surface area contributed by atoms with Gasteiger partial charge in [0.15, 0.2) is 5.82 Å². The van der Waals surface area contributed by atoms with Crippen molar-refractivity contribution in [3.05, 3.63) is 28.0 Å².